The van der Waals surface area contributed by atoms with Gasteiger partial charge in [0.25, 0.3) is 0 Å². The molecule has 2 heterocycles. The van der Waals surface area contributed by atoms with Crippen molar-refractivity contribution in [3.05, 3.63) is 48.0 Å². The van der Waals surface area contributed by atoms with Gasteiger partial charge in [0.1, 0.15) is 10.7 Å². The molecule has 0 aliphatic rings. The van der Waals surface area contributed by atoms with Gasteiger partial charge in [-0.15, -0.1) is 0 Å². The van der Waals surface area contributed by atoms with Crippen molar-refractivity contribution in [2.75, 3.05) is 6.61 Å². The van der Waals surface area contributed by atoms with Gasteiger partial charge in [-0.05, 0) is 36.6 Å². The van der Waals surface area contributed by atoms with Gasteiger partial charge in [-0.3, -0.25) is 4.98 Å². The van der Waals surface area contributed by atoms with E-state index in [2.05, 4.69) is 15.0 Å². The van der Waals surface area contributed by atoms with Gasteiger partial charge in [0.2, 0.25) is 0 Å². The van der Waals surface area contributed by atoms with Crippen LogP contribution >= 0.6 is 12.2 Å². The summed E-state index contributed by atoms with van der Waals surface area (Å²) in [6.07, 6.45) is 6.96. The van der Waals surface area contributed by atoms with Gasteiger partial charge >= 0.3 is 6.01 Å². The molecule has 0 aromatic carbocycles. The summed E-state index contributed by atoms with van der Waals surface area (Å²) in [6, 6.07) is 5.94. The zero-order valence-electron chi connectivity index (χ0n) is 10.3. The fraction of sp³-hybridized carbons (Fsp3) is 0.231. The molecule has 0 atom stereocenters. The maximum absolute atomic E-state index is 5.49. The number of nitrogens with zero attached hydrogens (tertiary/aromatic N) is 3. The fourth-order valence-electron chi connectivity index (χ4n) is 1.54. The quantitative estimate of drug-likeness (QED) is 0.636. The summed E-state index contributed by atoms with van der Waals surface area (Å²) in [5, 5.41) is 0. The average molecular weight is 274 g/mol. The van der Waals surface area contributed by atoms with Gasteiger partial charge < -0.3 is 10.5 Å². The van der Waals surface area contributed by atoms with Crippen LogP contribution in [0.5, 0.6) is 6.01 Å². The minimum absolute atomic E-state index is 0.240. The van der Waals surface area contributed by atoms with Gasteiger partial charge in [-0.25, -0.2) is 4.98 Å². The first-order valence-electron chi connectivity index (χ1n) is 5.90. The molecule has 0 aliphatic heterocycles. The molecule has 0 unspecified atom stereocenters. The second kappa shape index (κ2) is 6.75. The number of hydrogen-bond donors (Lipinski definition) is 1. The molecule has 0 amide bonds. The van der Waals surface area contributed by atoms with Crippen LogP contribution in [0.3, 0.4) is 0 Å². The van der Waals surface area contributed by atoms with Gasteiger partial charge in [0.05, 0.1) is 6.61 Å². The number of nitrogens with two attached hydrogens (primary N) is 1. The van der Waals surface area contributed by atoms with Gasteiger partial charge in [-0.1, -0.05) is 12.2 Å². The van der Waals surface area contributed by atoms with Crippen molar-refractivity contribution in [3.8, 4) is 6.01 Å². The number of hydrogen-bond acceptors (Lipinski definition) is 5. The van der Waals surface area contributed by atoms with E-state index in [0.717, 1.165) is 12.8 Å². The molecule has 0 saturated carbocycles. The lowest BCUT2D eigenvalue weighted by atomic mass is 10.1. The number of ether oxygens (including phenoxy) is 1. The molecule has 5 nitrogen and oxygen atoms in total. The van der Waals surface area contributed by atoms with E-state index in [4.69, 9.17) is 22.7 Å². The van der Waals surface area contributed by atoms with Crippen LogP contribution in [-0.2, 0) is 6.42 Å². The van der Waals surface area contributed by atoms with E-state index in [1.165, 1.54) is 5.56 Å². The Morgan fingerprint density at radius 3 is 2.74 bits per heavy atom. The predicted molar refractivity (Wildman–Crippen MR) is 76.0 cm³/mol. The van der Waals surface area contributed by atoms with Crippen LogP contribution in [0, 0.1) is 0 Å². The summed E-state index contributed by atoms with van der Waals surface area (Å²) in [4.78, 5) is 12.3. The van der Waals surface area contributed by atoms with Gasteiger partial charge in [-0.2, -0.15) is 4.98 Å². The van der Waals surface area contributed by atoms with Crippen LogP contribution in [0.2, 0.25) is 0 Å². The van der Waals surface area contributed by atoms with Crippen LogP contribution < -0.4 is 10.5 Å². The number of aromatic nitrogens is 3. The zero-order chi connectivity index (χ0) is 13.5. The molecule has 0 radical (unpaired) electrons. The molecule has 0 aliphatic carbocycles. The Labute approximate surface area is 116 Å². The first-order chi connectivity index (χ1) is 9.25. The van der Waals surface area contributed by atoms with Crippen LogP contribution in [0.4, 0.5) is 0 Å². The van der Waals surface area contributed by atoms with Crippen LogP contribution in [0.15, 0.2) is 36.8 Å². The molecule has 19 heavy (non-hydrogen) atoms. The lowest BCUT2D eigenvalue weighted by Gasteiger charge is -2.05. The van der Waals surface area contributed by atoms with Crippen LogP contribution in [0.1, 0.15) is 17.7 Å². The Bertz CT molecular complexity index is 547. The lowest BCUT2D eigenvalue weighted by Crippen LogP contribution is -2.13. The zero-order valence-corrected chi connectivity index (χ0v) is 11.1. The molecule has 0 fully saturated rings. The maximum Gasteiger partial charge on any atom is 0.316 e. The number of rotatable bonds is 6. The van der Waals surface area contributed by atoms with Crippen molar-refractivity contribution in [3.63, 3.8) is 0 Å². The number of pyridine rings is 1. The van der Waals surface area contributed by atoms with E-state index in [9.17, 15) is 0 Å². The Kier molecular flexibility index (Phi) is 4.74. The molecule has 98 valence electrons. The third-order valence-electron chi connectivity index (χ3n) is 2.48. The average Bonchev–Trinajstić information content (AvgIpc) is 2.45. The van der Waals surface area contributed by atoms with Crippen molar-refractivity contribution in [1.29, 1.82) is 0 Å². The van der Waals surface area contributed by atoms with Gasteiger partial charge in [0.15, 0.2) is 0 Å². The first-order valence-corrected chi connectivity index (χ1v) is 6.31. The monoisotopic (exact) mass is 274 g/mol. The Morgan fingerprint density at radius 1 is 1.21 bits per heavy atom. The summed E-state index contributed by atoms with van der Waals surface area (Å²) < 4.78 is 5.47. The third-order valence-corrected chi connectivity index (χ3v) is 2.69. The van der Waals surface area contributed by atoms with Gasteiger partial charge in [0, 0.05) is 18.6 Å². The molecular formula is C13H14N4OS. The minimum Gasteiger partial charge on any atom is -0.463 e. The molecule has 2 rings (SSSR count). The molecule has 0 bridgehead atoms. The van der Waals surface area contributed by atoms with E-state index in [-0.39, 0.29) is 4.99 Å². The normalized spacial score (nSPS) is 10.1. The Balaban J connectivity index is 1.80. The predicted octanol–water partition coefficient (Wildman–Crippen LogP) is 1.52. The van der Waals surface area contributed by atoms with Crippen molar-refractivity contribution < 1.29 is 4.74 Å². The summed E-state index contributed by atoms with van der Waals surface area (Å²) >= 11 is 4.85. The first kappa shape index (κ1) is 13.4. The van der Waals surface area contributed by atoms with E-state index in [1.807, 2.05) is 12.1 Å². The molecular weight excluding hydrogens is 260 g/mol. The smallest absolute Gasteiger partial charge is 0.316 e. The molecule has 2 aromatic heterocycles. The van der Waals surface area contributed by atoms with E-state index >= 15 is 0 Å². The summed E-state index contributed by atoms with van der Waals surface area (Å²) in [6.45, 7) is 0.545. The summed E-state index contributed by atoms with van der Waals surface area (Å²) in [7, 11) is 0. The lowest BCUT2D eigenvalue weighted by molar-refractivity contribution is 0.286. The standard InChI is InChI=1S/C13H14N4OS/c14-12(19)11-5-8-16-13(17-11)18-9-1-2-10-3-6-15-7-4-10/h3-8H,1-2,9H2,(H2,14,19). The van der Waals surface area contributed by atoms with Crippen LogP contribution in [-0.4, -0.2) is 26.5 Å². The highest BCUT2D eigenvalue weighted by Crippen LogP contribution is 2.05. The Hall–Kier alpha value is -2.08. The second-order valence-electron chi connectivity index (χ2n) is 3.90. The molecule has 0 spiro atoms. The number of aryl methyl sites for hydroxylation is 1. The largest absolute Gasteiger partial charge is 0.463 e. The molecule has 2 N–H and O–H groups in total. The highest BCUT2D eigenvalue weighted by molar-refractivity contribution is 7.80. The van der Waals surface area contributed by atoms with E-state index < -0.39 is 0 Å². The maximum atomic E-state index is 5.49. The third kappa shape index (κ3) is 4.26. The van der Waals surface area contributed by atoms with E-state index in [0.29, 0.717) is 18.3 Å². The van der Waals surface area contributed by atoms with Crippen molar-refractivity contribution >= 4 is 17.2 Å². The highest BCUT2D eigenvalue weighted by atomic mass is 32.1. The van der Waals surface area contributed by atoms with Crippen molar-refractivity contribution in [2.24, 2.45) is 5.73 Å². The topological polar surface area (TPSA) is 73.9 Å². The fourth-order valence-corrected chi connectivity index (χ4v) is 1.65. The van der Waals surface area contributed by atoms with Crippen LogP contribution in [0.25, 0.3) is 0 Å². The summed E-state index contributed by atoms with van der Waals surface area (Å²) in [5.41, 5.74) is 7.25. The molecule has 6 heteroatoms. The second-order valence-corrected chi connectivity index (χ2v) is 4.34. The number of thiocarbonyl (C=S) groups is 1. The van der Waals surface area contributed by atoms with E-state index in [1.54, 1.807) is 24.7 Å². The Morgan fingerprint density at radius 2 is 2.00 bits per heavy atom. The SMILES string of the molecule is NC(=S)c1ccnc(OCCCc2ccncc2)n1. The van der Waals surface area contributed by atoms with Crippen molar-refractivity contribution in [1.82, 2.24) is 15.0 Å². The molecule has 2 aromatic rings. The minimum atomic E-state index is 0.240. The summed E-state index contributed by atoms with van der Waals surface area (Å²) in [5.74, 6) is 0. The molecule has 0 saturated heterocycles. The highest BCUT2D eigenvalue weighted by Gasteiger charge is 2.02. The van der Waals surface area contributed by atoms with Crippen molar-refractivity contribution in [2.45, 2.75) is 12.8 Å².